The summed E-state index contributed by atoms with van der Waals surface area (Å²) in [5.74, 6) is -0.398. The minimum absolute atomic E-state index is 0.215. The highest BCUT2D eigenvalue weighted by atomic mass is 79.9. The van der Waals surface area contributed by atoms with Crippen LogP contribution in [0.1, 0.15) is 29.6 Å². The van der Waals surface area contributed by atoms with Gasteiger partial charge in [0, 0.05) is 30.2 Å². The molecule has 2 aromatic carbocycles. The number of para-hydroxylation sites is 1. The number of hydrogen-bond donors (Lipinski definition) is 0. The Hall–Kier alpha value is -1.81. The van der Waals surface area contributed by atoms with Crippen LogP contribution >= 0.6 is 27.3 Å². The van der Waals surface area contributed by atoms with Crippen molar-refractivity contribution < 1.29 is 13.2 Å². The Bertz CT molecular complexity index is 1240. The second-order valence-corrected chi connectivity index (χ2v) is 10.7. The number of benzene rings is 2. The average Bonchev–Trinajstić information content (AvgIpc) is 3.05. The number of carbonyl (C=O) groups excluding carboxylic acids is 1. The fraction of sp³-hybridized carbons (Fsp3) is 0.300. The molecular formula is C20H20BrN3O3S2. The van der Waals surface area contributed by atoms with Crippen molar-refractivity contribution in [3.8, 4) is 0 Å². The molecule has 0 N–H and O–H groups in total. The van der Waals surface area contributed by atoms with Crippen LogP contribution in [0.2, 0.25) is 0 Å². The van der Waals surface area contributed by atoms with Crippen LogP contribution in [-0.2, 0) is 17.1 Å². The molecule has 1 fully saturated rings. The van der Waals surface area contributed by atoms with Crippen LogP contribution in [0.5, 0.6) is 0 Å². The summed E-state index contributed by atoms with van der Waals surface area (Å²) in [7, 11) is -1.64. The minimum Gasteiger partial charge on any atom is -0.318 e. The molecule has 0 unspecified atom stereocenters. The van der Waals surface area contributed by atoms with Crippen LogP contribution in [0.3, 0.4) is 0 Å². The molecular weight excluding hydrogens is 474 g/mol. The number of thiazole rings is 1. The van der Waals surface area contributed by atoms with Crippen molar-refractivity contribution in [2.75, 3.05) is 13.1 Å². The van der Waals surface area contributed by atoms with Crippen molar-refractivity contribution in [2.24, 2.45) is 12.0 Å². The molecule has 1 aromatic heterocycles. The summed E-state index contributed by atoms with van der Waals surface area (Å²) in [6.45, 7) is 1.10. The summed E-state index contributed by atoms with van der Waals surface area (Å²) in [6, 6.07) is 11.9. The van der Waals surface area contributed by atoms with Gasteiger partial charge < -0.3 is 4.57 Å². The van der Waals surface area contributed by atoms with E-state index < -0.39 is 15.9 Å². The third-order valence-corrected chi connectivity index (χ3v) is 8.67. The first kappa shape index (κ1) is 20.5. The van der Waals surface area contributed by atoms with Gasteiger partial charge in [-0.3, -0.25) is 4.79 Å². The van der Waals surface area contributed by atoms with Crippen molar-refractivity contribution in [3.63, 3.8) is 0 Å². The minimum atomic E-state index is -3.51. The highest BCUT2D eigenvalue weighted by Gasteiger charge is 2.25. The molecule has 0 spiro atoms. The van der Waals surface area contributed by atoms with Gasteiger partial charge in [0.2, 0.25) is 10.0 Å². The lowest BCUT2D eigenvalue weighted by molar-refractivity contribution is 0.0998. The number of aryl methyl sites for hydroxylation is 1. The zero-order valence-electron chi connectivity index (χ0n) is 15.8. The lowest BCUT2D eigenvalue weighted by Gasteiger charge is -2.25. The molecule has 3 aromatic rings. The number of nitrogens with zero attached hydrogens (tertiary/aromatic N) is 3. The van der Waals surface area contributed by atoms with Crippen molar-refractivity contribution in [3.05, 3.63) is 57.3 Å². The maximum Gasteiger partial charge on any atom is 0.279 e. The lowest BCUT2D eigenvalue weighted by Crippen LogP contribution is -2.35. The first-order valence-electron chi connectivity index (χ1n) is 9.31. The van der Waals surface area contributed by atoms with Crippen LogP contribution in [0.25, 0.3) is 10.2 Å². The van der Waals surface area contributed by atoms with Gasteiger partial charge in [-0.1, -0.05) is 23.8 Å². The lowest BCUT2D eigenvalue weighted by atomic mass is 10.2. The summed E-state index contributed by atoms with van der Waals surface area (Å²) in [5.41, 5.74) is 1.34. The highest BCUT2D eigenvalue weighted by Crippen LogP contribution is 2.25. The normalized spacial score (nSPS) is 16.4. The van der Waals surface area contributed by atoms with E-state index >= 15 is 0 Å². The number of carbonyl (C=O) groups is 1. The molecule has 6 nitrogen and oxygen atoms in total. The third-order valence-electron chi connectivity index (χ3n) is 5.02. The van der Waals surface area contributed by atoms with E-state index in [1.807, 2.05) is 29.8 Å². The van der Waals surface area contributed by atoms with E-state index in [0.717, 1.165) is 34.0 Å². The first-order valence-corrected chi connectivity index (χ1v) is 12.4. The van der Waals surface area contributed by atoms with Crippen LogP contribution in [0.15, 0.2) is 56.8 Å². The molecule has 29 heavy (non-hydrogen) atoms. The van der Waals surface area contributed by atoms with Crippen molar-refractivity contribution in [1.29, 1.82) is 0 Å². The number of hydrogen-bond acceptors (Lipinski definition) is 4. The molecule has 0 bridgehead atoms. The fourth-order valence-corrected chi connectivity index (χ4v) is 6.76. The number of halogens is 1. The van der Waals surface area contributed by atoms with Crippen molar-refractivity contribution >= 4 is 53.4 Å². The molecule has 0 aliphatic carbocycles. The molecule has 1 saturated heterocycles. The Balaban J connectivity index is 1.63. The van der Waals surface area contributed by atoms with E-state index in [2.05, 4.69) is 20.9 Å². The van der Waals surface area contributed by atoms with Crippen LogP contribution in [-0.4, -0.2) is 36.3 Å². The maximum atomic E-state index is 12.7. The van der Waals surface area contributed by atoms with Crippen LogP contribution in [0, 0.1) is 0 Å². The Morgan fingerprint density at radius 3 is 2.41 bits per heavy atom. The van der Waals surface area contributed by atoms with Gasteiger partial charge in [-0.25, -0.2) is 8.42 Å². The number of amides is 1. The third kappa shape index (κ3) is 3.96. The number of piperidine rings is 1. The Morgan fingerprint density at radius 1 is 1.07 bits per heavy atom. The summed E-state index contributed by atoms with van der Waals surface area (Å²) in [6.07, 6.45) is 2.83. The molecule has 0 atom stereocenters. The molecule has 1 aliphatic heterocycles. The van der Waals surface area contributed by atoms with Gasteiger partial charge in [-0.2, -0.15) is 9.30 Å². The topological polar surface area (TPSA) is 71.7 Å². The van der Waals surface area contributed by atoms with E-state index in [-0.39, 0.29) is 4.90 Å². The summed E-state index contributed by atoms with van der Waals surface area (Å²) in [4.78, 5) is 17.7. The van der Waals surface area contributed by atoms with Gasteiger partial charge in [-0.05, 0) is 65.2 Å². The van der Waals surface area contributed by atoms with Crippen molar-refractivity contribution in [1.82, 2.24) is 8.87 Å². The average molecular weight is 494 g/mol. The van der Waals surface area contributed by atoms with E-state index in [1.54, 1.807) is 0 Å². The number of sulfonamides is 1. The van der Waals surface area contributed by atoms with Gasteiger partial charge in [0.15, 0.2) is 4.80 Å². The Labute approximate surface area is 181 Å². The SMILES string of the molecule is Cn1c(=NC(=O)c2ccc(S(=O)(=O)N3CCCCC3)cc2)sc2cccc(Br)c21. The molecule has 0 saturated carbocycles. The summed E-state index contributed by atoms with van der Waals surface area (Å²) >= 11 is 4.96. The monoisotopic (exact) mass is 493 g/mol. The Morgan fingerprint density at radius 2 is 1.76 bits per heavy atom. The largest absolute Gasteiger partial charge is 0.318 e. The highest BCUT2D eigenvalue weighted by molar-refractivity contribution is 9.10. The molecule has 2 heterocycles. The van der Waals surface area contributed by atoms with E-state index in [0.29, 0.717) is 23.5 Å². The second-order valence-electron chi connectivity index (χ2n) is 6.94. The quantitative estimate of drug-likeness (QED) is 0.554. The van der Waals surface area contributed by atoms with Gasteiger partial charge in [0.1, 0.15) is 0 Å². The van der Waals surface area contributed by atoms with Gasteiger partial charge in [-0.15, -0.1) is 0 Å². The van der Waals surface area contributed by atoms with Crippen LogP contribution < -0.4 is 4.80 Å². The predicted octanol–water partition coefficient (Wildman–Crippen LogP) is 3.92. The predicted molar refractivity (Wildman–Crippen MR) is 117 cm³/mol. The standard InChI is InChI=1S/C20H20BrN3O3S2/c1-23-18-16(21)6-5-7-17(18)28-20(23)22-19(25)14-8-10-15(11-9-14)29(26,27)24-12-3-2-4-13-24/h5-11H,2-4,12-13H2,1H3. The van der Waals surface area contributed by atoms with Gasteiger partial charge in [0.05, 0.1) is 15.1 Å². The van der Waals surface area contributed by atoms with E-state index in [1.165, 1.54) is 39.9 Å². The van der Waals surface area contributed by atoms with Gasteiger partial charge in [0.25, 0.3) is 5.91 Å². The maximum absolute atomic E-state index is 12.7. The molecule has 4 rings (SSSR count). The van der Waals surface area contributed by atoms with Crippen LogP contribution in [0.4, 0.5) is 0 Å². The molecule has 1 aliphatic rings. The van der Waals surface area contributed by atoms with E-state index in [4.69, 9.17) is 0 Å². The number of rotatable bonds is 3. The zero-order valence-corrected chi connectivity index (χ0v) is 19.1. The van der Waals surface area contributed by atoms with Gasteiger partial charge >= 0.3 is 0 Å². The molecule has 0 radical (unpaired) electrons. The zero-order chi connectivity index (χ0) is 20.6. The smallest absolute Gasteiger partial charge is 0.279 e. The fourth-order valence-electron chi connectivity index (χ4n) is 3.44. The van der Waals surface area contributed by atoms with Crippen molar-refractivity contribution in [2.45, 2.75) is 24.2 Å². The Kier molecular flexibility index (Phi) is 5.74. The number of fused-ring (bicyclic) bond motifs is 1. The second kappa shape index (κ2) is 8.14. The summed E-state index contributed by atoms with van der Waals surface area (Å²) < 4.78 is 30.9. The number of aromatic nitrogens is 1. The molecule has 1 amide bonds. The first-order chi connectivity index (χ1) is 13.9. The summed E-state index contributed by atoms with van der Waals surface area (Å²) in [5, 5.41) is 0. The molecule has 9 heteroatoms. The van der Waals surface area contributed by atoms with E-state index in [9.17, 15) is 13.2 Å². The molecule has 152 valence electrons.